The summed E-state index contributed by atoms with van der Waals surface area (Å²) in [6, 6.07) is 17.4. The van der Waals surface area contributed by atoms with Crippen LogP contribution in [0.5, 0.6) is 5.75 Å². The summed E-state index contributed by atoms with van der Waals surface area (Å²) in [6.07, 6.45) is 3.50. The van der Waals surface area contributed by atoms with E-state index < -0.39 is 0 Å². The van der Waals surface area contributed by atoms with Crippen LogP contribution in [-0.4, -0.2) is 26.3 Å². The lowest BCUT2D eigenvalue weighted by atomic mass is 10.1. The fraction of sp³-hybridized carbons (Fsp3) is 0.160. The van der Waals surface area contributed by atoms with Gasteiger partial charge in [0.15, 0.2) is 0 Å². The monoisotopic (exact) mass is 426 g/mol. The molecule has 0 atom stereocenters. The van der Waals surface area contributed by atoms with Gasteiger partial charge in [0.05, 0.1) is 19.3 Å². The van der Waals surface area contributed by atoms with Crippen molar-refractivity contribution in [3.05, 3.63) is 94.4 Å². The second-order valence-electron chi connectivity index (χ2n) is 7.71. The number of nitrogens with zero attached hydrogens (tertiary/aromatic N) is 4. The van der Waals surface area contributed by atoms with Gasteiger partial charge in [-0.05, 0) is 56.3 Å². The number of oxazole rings is 1. The molecule has 160 valence electrons. The predicted molar refractivity (Wildman–Crippen MR) is 122 cm³/mol. The zero-order valence-corrected chi connectivity index (χ0v) is 18.1. The highest BCUT2D eigenvalue weighted by Crippen LogP contribution is 2.23. The van der Waals surface area contributed by atoms with Crippen LogP contribution >= 0.6 is 0 Å². The average molecular weight is 426 g/mol. The Kier molecular flexibility index (Phi) is 4.86. The van der Waals surface area contributed by atoms with Crippen LogP contribution in [0.15, 0.2) is 76.2 Å². The molecule has 0 radical (unpaired) electrons. The van der Waals surface area contributed by atoms with E-state index in [-0.39, 0.29) is 5.56 Å². The number of aryl methyl sites for hydroxylation is 2. The second-order valence-corrected chi connectivity index (χ2v) is 7.71. The van der Waals surface area contributed by atoms with E-state index in [9.17, 15) is 4.79 Å². The van der Waals surface area contributed by atoms with Crippen molar-refractivity contribution in [3.63, 3.8) is 0 Å². The van der Waals surface area contributed by atoms with Gasteiger partial charge >= 0.3 is 0 Å². The fourth-order valence-electron chi connectivity index (χ4n) is 3.61. The predicted octanol–water partition coefficient (Wildman–Crippen LogP) is 4.49. The molecule has 0 N–H and O–H groups in total. The quantitative estimate of drug-likeness (QED) is 0.414. The minimum absolute atomic E-state index is 0.140. The lowest BCUT2D eigenvalue weighted by molar-refractivity contribution is 0.415. The maximum Gasteiger partial charge on any atom is 0.276 e. The zero-order valence-electron chi connectivity index (χ0n) is 18.1. The number of benzene rings is 2. The molecule has 0 aliphatic carbocycles. The van der Waals surface area contributed by atoms with Crippen LogP contribution < -0.4 is 10.3 Å². The molecule has 2 aromatic carbocycles. The number of aromatic nitrogens is 4. The van der Waals surface area contributed by atoms with E-state index in [0.29, 0.717) is 23.7 Å². The molecule has 7 heteroatoms. The lowest BCUT2D eigenvalue weighted by Gasteiger charge is -2.04. The molecule has 0 fully saturated rings. The lowest BCUT2D eigenvalue weighted by Crippen LogP contribution is -2.22. The topological polar surface area (TPSA) is 74.6 Å². The molecular weight excluding hydrogens is 404 g/mol. The molecule has 0 amide bonds. The Bertz CT molecular complexity index is 1460. The van der Waals surface area contributed by atoms with Crippen LogP contribution in [0, 0.1) is 13.8 Å². The van der Waals surface area contributed by atoms with Crippen molar-refractivity contribution in [2.24, 2.45) is 0 Å². The Hall–Kier alpha value is -4.13. The number of rotatable bonds is 5. The average Bonchev–Trinajstić information content (AvgIpc) is 3.40. The third-order valence-corrected chi connectivity index (χ3v) is 5.50. The first kappa shape index (κ1) is 19.8. The van der Waals surface area contributed by atoms with Crippen LogP contribution in [0.2, 0.25) is 0 Å². The Morgan fingerprint density at radius 2 is 1.69 bits per heavy atom. The molecule has 32 heavy (non-hydrogen) atoms. The highest BCUT2D eigenvalue weighted by molar-refractivity contribution is 5.66. The van der Waals surface area contributed by atoms with Gasteiger partial charge in [-0.15, -0.1) is 0 Å². The van der Waals surface area contributed by atoms with Gasteiger partial charge in [-0.2, -0.15) is 5.10 Å². The van der Waals surface area contributed by atoms with Gasteiger partial charge in [0.25, 0.3) is 5.56 Å². The summed E-state index contributed by atoms with van der Waals surface area (Å²) in [5.41, 5.74) is 4.80. The van der Waals surface area contributed by atoms with Crippen LogP contribution in [0.1, 0.15) is 17.0 Å². The van der Waals surface area contributed by atoms with Crippen LogP contribution in [0.4, 0.5) is 0 Å². The molecule has 5 rings (SSSR count). The van der Waals surface area contributed by atoms with E-state index >= 15 is 0 Å². The van der Waals surface area contributed by atoms with E-state index in [4.69, 9.17) is 9.15 Å². The van der Waals surface area contributed by atoms with Gasteiger partial charge in [-0.3, -0.25) is 4.79 Å². The van der Waals surface area contributed by atoms with Crippen molar-refractivity contribution >= 4 is 5.52 Å². The van der Waals surface area contributed by atoms with Gasteiger partial charge in [0.1, 0.15) is 22.7 Å². The molecule has 0 aliphatic heterocycles. The SMILES string of the molecule is COc1ccc(-c2cc3c(=O)n(Cc4nc(-c5ccc(C)cc5)oc4C)ccn3n2)cc1. The largest absolute Gasteiger partial charge is 0.497 e. The van der Waals surface area contributed by atoms with Crippen molar-refractivity contribution in [2.45, 2.75) is 20.4 Å². The third kappa shape index (κ3) is 3.58. The molecule has 0 spiro atoms. The molecule has 0 aliphatic rings. The normalized spacial score (nSPS) is 11.2. The zero-order chi connectivity index (χ0) is 22.2. The van der Waals surface area contributed by atoms with Gasteiger partial charge in [0, 0.05) is 23.5 Å². The van der Waals surface area contributed by atoms with Gasteiger partial charge in [0.2, 0.25) is 5.89 Å². The molecule has 0 saturated heterocycles. The summed E-state index contributed by atoms with van der Waals surface area (Å²) in [5.74, 6) is 2.02. The summed E-state index contributed by atoms with van der Waals surface area (Å²) in [5, 5.41) is 4.54. The van der Waals surface area contributed by atoms with Crippen molar-refractivity contribution < 1.29 is 9.15 Å². The van der Waals surface area contributed by atoms with Gasteiger partial charge in [-0.1, -0.05) is 17.7 Å². The molecular formula is C25H22N4O3. The molecule has 0 saturated carbocycles. The number of methoxy groups -OCH3 is 1. The summed E-state index contributed by atoms with van der Waals surface area (Å²) >= 11 is 0. The summed E-state index contributed by atoms with van der Waals surface area (Å²) < 4.78 is 14.3. The fourth-order valence-corrected chi connectivity index (χ4v) is 3.61. The van der Waals surface area contributed by atoms with E-state index in [1.807, 2.05) is 62.4 Å². The number of hydrogen-bond acceptors (Lipinski definition) is 5. The maximum atomic E-state index is 13.1. The molecule has 3 aromatic heterocycles. The Morgan fingerprint density at radius 3 is 2.41 bits per heavy atom. The Morgan fingerprint density at radius 1 is 0.969 bits per heavy atom. The summed E-state index contributed by atoms with van der Waals surface area (Å²) in [7, 11) is 1.63. The number of ether oxygens (including phenoxy) is 1. The standard InChI is InChI=1S/C25H22N4O3/c1-16-4-6-19(7-5-16)24-26-22(17(2)32-24)15-28-12-13-29-23(25(28)30)14-21(27-29)18-8-10-20(31-3)11-9-18/h4-14H,15H2,1-3H3. The van der Waals surface area contributed by atoms with Gasteiger partial charge < -0.3 is 13.7 Å². The first-order valence-corrected chi connectivity index (χ1v) is 10.3. The number of hydrogen-bond donors (Lipinski definition) is 0. The van der Waals surface area contributed by atoms with Crippen molar-refractivity contribution in [2.75, 3.05) is 7.11 Å². The first-order valence-electron chi connectivity index (χ1n) is 10.3. The first-order chi connectivity index (χ1) is 15.5. The van der Waals surface area contributed by atoms with Crippen LogP contribution in [0.25, 0.3) is 28.2 Å². The van der Waals surface area contributed by atoms with E-state index in [0.717, 1.165) is 28.3 Å². The molecule has 3 heterocycles. The highest BCUT2D eigenvalue weighted by atomic mass is 16.5. The highest BCUT2D eigenvalue weighted by Gasteiger charge is 2.14. The van der Waals surface area contributed by atoms with Crippen molar-refractivity contribution in [1.82, 2.24) is 19.2 Å². The van der Waals surface area contributed by atoms with Crippen molar-refractivity contribution in [1.29, 1.82) is 0 Å². The van der Waals surface area contributed by atoms with Crippen molar-refractivity contribution in [3.8, 4) is 28.5 Å². The second kappa shape index (κ2) is 7.85. The number of fused-ring (bicyclic) bond motifs is 1. The Balaban J connectivity index is 1.47. The molecule has 5 aromatic rings. The van der Waals surface area contributed by atoms with Crippen LogP contribution in [-0.2, 0) is 6.54 Å². The summed E-state index contributed by atoms with van der Waals surface area (Å²) in [6.45, 7) is 4.22. The Labute approximate surface area is 184 Å². The smallest absolute Gasteiger partial charge is 0.276 e. The molecule has 0 unspecified atom stereocenters. The van der Waals surface area contributed by atoms with E-state index in [2.05, 4.69) is 10.1 Å². The minimum atomic E-state index is -0.140. The van der Waals surface area contributed by atoms with Crippen LogP contribution in [0.3, 0.4) is 0 Å². The van der Waals surface area contributed by atoms with E-state index in [1.54, 1.807) is 34.7 Å². The molecule has 0 bridgehead atoms. The van der Waals surface area contributed by atoms with E-state index in [1.165, 1.54) is 5.56 Å². The molecule has 7 nitrogen and oxygen atoms in total. The maximum absolute atomic E-state index is 13.1. The minimum Gasteiger partial charge on any atom is -0.497 e. The summed E-state index contributed by atoms with van der Waals surface area (Å²) in [4.78, 5) is 17.8. The van der Waals surface area contributed by atoms with Gasteiger partial charge in [-0.25, -0.2) is 9.50 Å². The third-order valence-electron chi connectivity index (χ3n) is 5.50.